The maximum atomic E-state index is 3.97. The highest BCUT2D eigenvalue weighted by atomic mass is 79.9. The van der Waals surface area contributed by atoms with Crippen molar-refractivity contribution in [1.29, 1.82) is 0 Å². The van der Waals surface area contributed by atoms with Gasteiger partial charge < -0.3 is 0 Å². The molecule has 1 aromatic heterocycles. The van der Waals surface area contributed by atoms with Crippen LogP contribution in [0.2, 0.25) is 0 Å². The SMILES string of the molecule is CN=Cc1c(Br)cncc1Br. The van der Waals surface area contributed by atoms with Crippen molar-refractivity contribution in [2.24, 2.45) is 4.99 Å². The molecular formula is C7H6Br2N2. The summed E-state index contributed by atoms with van der Waals surface area (Å²) < 4.78 is 1.88. The predicted molar refractivity (Wildman–Crippen MR) is 53.2 cm³/mol. The second-order valence-corrected chi connectivity index (χ2v) is 3.61. The molecule has 0 aliphatic heterocycles. The molecular weight excluding hydrogens is 272 g/mol. The monoisotopic (exact) mass is 276 g/mol. The normalized spacial score (nSPS) is 10.8. The zero-order valence-electron chi connectivity index (χ0n) is 5.88. The molecule has 1 heterocycles. The Morgan fingerprint density at radius 2 is 1.91 bits per heavy atom. The lowest BCUT2D eigenvalue weighted by Crippen LogP contribution is -1.86. The summed E-state index contributed by atoms with van der Waals surface area (Å²) in [5.41, 5.74) is 1.02. The third-order valence-corrected chi connectivity index (χ3v) is 2.41. The van der Waals surface area contributed by atoms with Gasteiger partial charge in [0.05, 0.1) is 0 Å². The maximum Gasteiger partial charge on any atom is 0.0457 e. The quantitative estimate of drug-likeness (QED) is 0.725. The van der Waals surface area contributed by atoms with Crippen LogP contribution in [-0.2, 0) is 0 Å². The molecule has 4 heteroatoms. The Labute approximate surface area is 82.0 Å². The van der Waals surface area contributed by atoms with Crippen LogP contribution in [0.3, 0.4) is 0 Å². The first-order chi connectivity index (χ1) is 5.25. The van der Waals surface area contributed by atoms with Crippen LogP contribution in [0.1, 0.15) is 5.56 Å². The minimum absolute atomic E-state index is 0.942. The summed E-state index contributed by atoms with van der Waals surface area (Å²) in [6, 6.07) is 0. The van der Waals surface area contributed by atoms with E-state index in [1.54, 1.807) is 25.7 Å². The third kappa shape index (κ3) is 2.10. The molecule has 0 aromatic carbocycles. The summed E-state index contributed by atoms with van der Waals surface area (Å²) in [7, 11) is 1.74. The highest BCUT2D eigenvalue weighted by Crippen LogP contribution is 2.21. The molecule has 0 saturated heterocycles. The zero-order valence-corrected chi connectivity index (χ0v) is 9.05. The van der Waals surface area contributed by atoms with E-state index in [2.05, 4.69) is 41.8 Å². The minimum Gasteiger partial charge on any atom is -0.296 e. The molecule has 0 amide bonds. The average Bonchev–Trinajstić information content (AvgIpc) is 1.97. The molecule has 0 aliphatic rings. The average molecular weight is 278 g/mol. The lowest BCUT2D eigenvalue weighted by atomic mass is 10.3. The molecule has 0 aliphatic carbocycles. The van der Waals surface area contributed by atoms with Crippen molar-refractivity contribution in [3.8, 4) is 0 Å². The maximum absolute atomic E-state index is 3.97. The smallest absolute Gasteiger partial charge is 0.0457 e. The Bertz CT molecular complexity index is 264. The molecule has 1 rings (SSSR count). The Morgan fingerprint density at radius 3 is 2.36 bits per heavy atom. The van der Waals surface area contributed by atoms with Gasteiger partial charge in [0.1, 0.15) is 0 Å². The number of hydrogen-bond acceptors (Lipinski definition) is 2. The second-order valence-electron chi connectivity index (χ2n) is 1.90. The fourth-order valence-electron chi connectivity index (χ4n) is 0.674. The molecule has 0 spiro atoms. The van der Waals surface area contributed by atoms with Gasteiger partial charge in [-0.15, -0.1) is 0 Å². The van der Waals surface area contributed by atoms with Crippen LogP contribution in [0, 0.1) is 0 Å². The Morgan fingerprint density at radius 1 is 1.36 bits per heavy atom. The fraction of sp³-hybridized carbons (Fsp3) is 0.143. The van der Waals surface area contributed by atoms with E-state index >= 15 is 0 Å². The summed E-state index contributed by atoms with van der Waals surface area (Å²) >= 11 is 6.73. The van der Waals surface area contributed by atoms with Crippen LogP contribution < -0.4 is 0 Å². The number of halogens is 2. The van der Waals surface area contributed by atoms with Crippen LogP contribution in [0.15, 0.2) is 26.3 Å². The van der Waals surface area contributed by atoms with E-state index in [1.807, 2.05) is 0 Å². The molecule has 0 N–H and O–H groups in total. The van der Waals surface area contributed by atoms with E-state index in [0.29, 0.717) is 0 Å². The van der Waals surface area contributed by atoms with Gasteiger partial charge in [0, 0.05) is 40.2 Å². The van der Waals surface area contributed by atoms with Crippen molar-refractivity contribution in [1.82, 2.24) is 4.98 Å². The topological polar surface area (TPSA) is 25.2 Å². The first kappa shape index (κ1) is 8.87. The number of aromatic nitrogens is 1. The molecule has 0 saturated carbocycles. The summed E-state index contributed by atoms with van der Waals surface area (Å²) in [6.07, 6.45) is 5.25. The molecule has 58 valence electrons. The van der Waals surface area contributed by atoms with Gasteiger partial charge in [0.2, 0.25) is 0 Å². The van der Waals surface area contributed by atoms with E-state index in [4.69, 9.17) is 0 Å². The lowest BCUT2D eigenvalue weighted by Gasteiger charge is -1.98. The van der Waals surface area contributed by atoms with Gasteiger partial charge in [-0.1, -0.05) is 0 Å². The molecule has 2 nitrogen and oxygen atoms in total. The molecule has 0 bridgehead atoms. The predicted octanol–water partition coefficient (Wildman–Crippen LogP) is 2.66. The summed E-state index contributed by atoms with van der Waals surface area (Å²) in [6.45, 7) is 0. The fourth-order valence-corrected chi connectivity index (χ4v) is 1.81. The Kier molecular flexibility index (Phi) is 3.20. The van der Waals surface area contributed by atoms with Gasteiger partial charge in [-0.05, 0) is 31.9 Å². The number of aliphatic imine (C=N–C) groups is 1. The molecule has 0 unspecified atom stereocenters. The van der Waals surface area contributed by atoms with Crippen molar-refractivity contribution in [3.05, 3.63) is 26.9 Å². The molecule has 0 fully saturated rings. The van der Waals surface area contributed by atoms with E-state index < -0.39 is 0 Å². The van der Waals surface area contributed by atoms with Crippen LogP contribution in [0.4, 0.5) is 0 Å². The third-order valence-electron chi connectivity index (χ3n) is 1.15. The molecule has 0 radical (unpaired) electrons. The van der Waals surface area contributed by atoms with Gasteiger partial charge in [0.25, 0.3) is 0 Å². The van der Waals surface area contributed by atoms with Crippen LogP contribution in [-0.4, -0.2) is 18.2 Å². The van der Waals surface area contributed by atoms with Gasteiger partial charge in [-0.2, -0.15) is 0 Å². The number of hydrogen-bond donors (Lipinski definition) is 0. The standard InChI is InChI=1S/C7H6Br2N2/c1-10-2-5-6(8)3-11-4-7(5)9/h2-4H,1H3. The summed E-state index contributed by atoms with van der Waals surface area (Å²) in [5, 5.41) is 0. The second kappa shape index (κ2) is 3.97. The highest BCUT2D eigenvalue weighted by Gasteiger charge is 2.00. The number of nitrogens with zero attached hydrogens (tertiary/aromatic N) is 2. The minimum atomic E-state index is 0.942. The van der Waals surface area contributed by atoms with Crippen LogP contribution in [0.5, 0.6) is 0 Å². The van der Waals surface area contributed by atoms with Gasteiger partial charge in [0.15, 0.2) is 0 Å². The highest BCUT2D eigenvalue weighted by molar-refractivity contribution is 9.11. The van der Waals surface area contributed by atoms with Crippen molar-refractivity contribution < 1.29 is 0 Å². The Balaban J connectivity index is 3.20. The first-order valence-electron chi connectivity index (χ1n) is 2.97. The van der Waals surface area contributed by atoms with E-state index in [0.717, 1.165) is 14.5 Å². The van der Waals surface area contributed by atoms with E-state index in [1.165, 1.54) is 0 Å². The summed E-state index contributed by atoms with van der Waals surface area (Å²) in [4.78, 5) is 7.89. The zero-order chi connectivity index (χ0) is 8.27. The molecule has 11 heavy (non-hydrogen) atoms. The van der Waals surface area contributed by atoms with Crippen molar-refractivity contribution in [2.75, 3.05) is 7.05 Å². The van der Waals surface area contributed by atoms with Crippen molar-refractivity contribution in [2.45, 2.75) is 0 Å². The van der Waals surface area contributed by atoms with Gasteiger partial charge in [-0.25, -0.2) is 0 Å². The van der Waals surface area contributed by atoms with E-state index in [-0.39, 0.29) is 0 Å². The van der Waals surface area contributed by atoms with Crippen molar-refractivity contribution in [3.63, 3.8) is 0 Å². The lowest BCUT2D eigenvalue weighted by molar-refractivity contribution is 1.28. The van der Waals surface area contributed by atoms with Gasteiger partial charge >= 0.3 is 0 Å². The summed E-state index contributed by atoms with van der Waals surface area (Å²) in [5.74, 6) is 0. The molecule has 0 atom stereocenters. The molecule has 1 aromatic rings. The van der Waals surface area contributed by atoms with Gasteiger partial charge in [-0.3, -0.25) is 9.98 Å². The number of pyridine rings is 1. The number of rotatable bonds is 1. The van der Waals surface area contributed by atoms with Crippen LogP contribution in [0.25, 0.3) is 0 Å². The largest absolute Gasteiger partial charge is 0.296 e. The Hall–Kier alpha value is -0.220. The first-order valence-corrected chi connectivity index (χ1v) is 4.55. The van der Waals surface area contributed by atoms with E-state index in [9.17, 15) is 0 Å². The van der Waals surface area contributed by atoms with Crippen LogP contribution >= 0.6 is 31.9 Å². The van der Waals surface area contributed by atoms with Crippen molar-refractivity contribution >= 4 is 38.1 Å².